The lowest BCUT2D eigenvalue weighted by molar-refractivity contribution is -0.137. The Labute approximate surface area is 146 Å². The van der Waals surface area contributed by atoms with Crippen molar-refractivity contribution in [2.45, 2.75) is 37.9 Å². The van der Waals surface area contributed by atoms with Crippen molar-refractivity contribution in [3.63, 3.8) is 0 Å². The lowest BCUT2D eigenvalue weighted by atomic mass is 9.91. The Morgan fingerprint density at radius 1 is 0.833 bits per heavy atom. The zero-order chi connectivity index (χ0) is 16.4. The largest absolute Gasteiger partial charge is 0.416 e. The van der Waals surface area contributed by atoms with Crippen molar-refractivity contribution in [3.05, 3.63) is 59.7 Å². The maximum absolute atomic E-state index is 12.6. The van der Waals surface area contributed by atoms with Gasteiger partial charge in [-0.15, -0.1) is 12.4 Å². The zero-order valence-electron chi connectivity index (χ0n) is 13.2. The van der Waals surface area contributed by atoms with E-state index >= 15 is 0 Å². The van der Waals surface area contributed by atoms with E-state index in [9.17, 15) is 13.2 Å². The molecule has 2 aromatic rings. The number of benzene rings is 2. The van der Waals surface area contributed by atoms with E-state index in [0.29, 0.717) is 5.92 Å². The van der Waals surface area contributed by atoms with Gasteiger partial charge in [0.2, 0.25) is 0 Å². The lowest BCUT2D eigenvalue weighted by Crippen LogP contribution is -2.18. The fourth-order valence-electron chi connectivity index (χ4n) is 3.34. The second kappa shape index (κ2) is 7.58. The van der Waals surface area contributed by atoms with Gasteiger partial charge in [0.1, 0.15) is 0 Å². The van der Waals surface area contributed by atoms with Gasteiger partial charge in [-0.25, -0.2) is 0 Å². The number of hydrogen-bond donors (Lipinski definition) is 1. The summed E-state index contributed by atoms with van der Waals surface area (Å²) < 4.78 is 37.8. The van der Waals surface area contributed by atoms with Gasteiger partial charge in [-0.3, -0.25) is 0 Å². The molecule has 0 saturated heterocycles. The highest BCUT2D eigenvalue weighted by molar-refractivity contribution is 5.85. The first-order valence-corrected chi connectivity index (χ1v) is 7.98. The van der Waals surface area contributed by atoms with Crippen molar-refractivity contribution in [1.29, 1.82) is 0 Å². The molecule has 3 rings (SSSR count). The maximum Gasteiger partial charge on any atom is 0.416 e. The Kier molecular flexibility index (Phi) is 5.94. The molecule has 2 aromatic carbocycles. The maximum atomic E-state index is 12.6. The van der Waals surface area contributed by atoms with E-state index in [0.717, 1.165) is 28.8 Å². The molecule has 1 saturated carbocycles. The average molecular weight is 356 g/mol. The second-order valence-corrected chi connectivity index (χ2v) is 6.27. The quantitative estimate of drug-likeness (QED) is 0.719. The summed E-state index contributed by atoms with van der Waals surface area (Å²) in [4.78, 5) is 0. The Morgan fingerprint density at radius 2 is 1.29 bits per heavy atom. The number of nitrogens with two attached hydrogens (primary N) is 1. The van der Waals surface area contributed by atoms with Crippen LogP contribution in [0, 0.1) is 5.92 Å². The van der Waals surface area contributed by atoms with E-state index in [1.807, 2.05) is 24.3 Å². The smallest absolute Gasteiger partial charge is 0.324 e. The number of rotatable bonds is 3. The van der Waals surface area contributed by atoms with Gasteiger partial charge in [-0.1, -0.05) is 49.2 Å². The normalized spacial score (nSPS) is 16.7. The summed E-state index contributed by atoms with van der Waals surface area (Å²) in [6.45, 7) is 0. The Morgan fingerprint density at radius 3 is 1.75 bits per heavy atom. The third-order valence-electron chi connectivity index (χ3n) is 4.75. The molecule has 1 nitrogen and oxygen atoms in total. The van der Waals surface area contributed by atoms with E-state index in [4.69, 9.17) is 5.73 Å². The fraction of sp³-hybridized carbons (Fsp3) is 0.368. The average Bonchev–Trinajstić information content (AvgIpc) is 3.08. The summed E-state index contributed by atoms with van der Waals surface area (Å²) in [7, 11) is 0. The third-order valence-corrected chi connectivity index (χ3v) is 4.75. The van der Waals surface area contributed by atoms with Crippen molar-refractivity contribution in [3.8, 4) is 11.1 Å². The molecule has 130 valence electrons. The molecule has 2 N–H and O–H groups in total. The molecule has 0 unspecified atom stereocenters. The van der Waals surface area contributed by atoms with Gasteiger partial charge in [0.05, 0.1) is 5.56 Å². The highest BCUT2D eigenvalue weighted by Crippen LogP contribution is 2.35. The monoisotopic (exact) mass is 355 g/mol. The minimum atomic E-state index is -4.30. The Balaban J connectivity index is 0.00000208. The summed E-state index contributed by atoms with van der Waals surface area (Å²) in [5, 5.41) is 0. The highest BCUT2D eigenvalue weighted by Gasteiger charge is 2.30. The van der Waals surface area contributed by atoms with Crippen LogP contribution in [-0.4, -0.2) is 0 Å². The molecule has 1 aliphatic carbocycles. The predicted molar refractivity (Wildman–Crippen MR) is 93.0 cm³/mol. The second-order valence-electron chi connectivity index (χ2n) is 6.27. The molecular weight excluding hydrogens is 335 g/mol. The first-order valence-electron chi connectivity index (χ1n) is 7.98. The first kappa shape index (κ1) is 18.8. The highest BCUT2D eigenvalue weighted by atomic mass is 35.5. The summed E-state index contributed by atoms with van der Waals surface area (Å²) in [5.41, 5.74) is 8.49. The van der Waals surface area contributed by atoms with Crippen molar-refractivity contribution in [1.82, 2.24) is 0 Å². The zero-order valence-corrected chi connectivity index (χ0v) is 14.0. The summed E-state index contributed by atoms with van der Waals surface area (Å²) in [6.07, 6.45) is 0.574. The summed E-state index contributed by atoms with van der Waals surface area (Å²) in [6, 6.07) is 13.2. The molecule has 0 aliphatic heterocycles. The summed E-state index contributed by atoms with van der Waals surface area (Å²) in [5.74, 6) is 0.548. The van der Waals surface area contributed by atoms with Gasteiger partial charge in [-0.2, -0.15) is 13.2 Å². The van der Waals surface area contributed by atoms with Crippen LogP contribution in [0.1, 0.15) is 42.9 Å². The lowest BCUT2D eigenvalue weighted by Gasteiger charge is -2.19. The molecular formula is C19H21ClF3N. The molecule has 0 amide bonds. The van der Waals surface area contributed by atoms with E-state index < -0.39 is 11.7 Å². The molecule has 5 heteroatoms. The van der Waals surface area contributed by atoms with Crippen LogP contribution in [0.5, 0.6) is 0 Å². The van der Waals surface area contributed by atoms with Crippen molar-refractivity contribution < 1.29 is 13.2 Å². The van der Waals surface area contributed by atoms with Crippen LogP contribution in [0.2, 0.25) is 0 Å². The van der Waals surface area contributed by atoms with E-state index in [2.05, 4.69) is 0 Å². The van der Waals surface area contributed by atoms with Crippen LogP contribution < -0.4 is 5.73 Å². The number of hydrogen-bond acceptors (Lipinski definition) is 1. The minimum absolute atomic E-state index is 0. The molecule has 1 fully saturated rings. The summed E-state index contributed by atoms with van der Waals surface area (Å²) >= 11 is 0. The molecule has 0 spiro atoms. The first-order chi connectivity index (χ1) is 10.9. The van der Waals surface area contributed by atoms with E-state index in [1.54, 1.807) is 0 Å². The van der Waals surface area contributed by atoms with Crippen molar-refractivity contribution in [2.75, 3.05) is 0 Å². The van der Waals surface area contributed by atoms with Crippen LogP contribution in [0.25, 0.3) is 11.1 Å². The molecule has 1 aliphatic rings. The molecule has 0 aromatic heterocycles. The third kappa shape index (κ3) is 4.11. The number of alkyl halides is 3. The van der Waals surface area contributed by atoms with E-state index in [1.165, 1.54) is 37.8 Å². The van der Waals surface area contributed by atoms with Crippen LogP contribution in [0.15, 0.2) is 48.5 Å². The van der Waals surface area contributed by atoms with Crippen molar-refractivity contribution in [2.24, 2.45) is 11.7 Å². The Hall–Kier alpha value is -1.52. The van der Waals surface area contributed by atoms with Crippen LogP contribution >= 0.6 is 12.4 Å². The Bertz CT molecular complexity index is 644. The topological polar surface area (TPSA) is 26.0 Å². The van der Waals surface area contributed by atoms with Crippen LogP contribution in [0.4, 0.5) is 13.2 Å². The fourth-order valence-corrected chi connectivity index (χ4v) is 3.34. The SMILES string of the molecule is Cl.N[C@H](c1ccc(-c2ccc(C(F)(F)F)cc2)cc1)C1CCCC1. The van der Waals surface area contributed by atoms with Gasteiger partial charge in [0.15, 0.2) is 0 Å². The molecule has 1 atom stereocenters. The molecule has 24 heavy (non-hydrogen) atoms. The van der Waals surface area contributed by atoms with Crippen LogP contribution in [0.3, 0.4) is 0 Å². The van der Waals surface area contributed by atoms with Gasteiger partial charge in [-0.05, 0) is 47.6 Å². The molecule has 0 heterocycles. The minimum Gasteiger partial charge on any atom is -0.324 e. The molecule has 0 radical (unpaired) electrons. The number of halogens is 4. The van der Waals surface area contributed by atoms with Crippen molar-refractivity contribution >= 4 is 12.4 Å². The van der Waals surface area contributed by atoms with E-state index in [-0.39, 0.29) is 18.4 Å². The van der Waals surface area contributed by atoms with Gasteiger partial charge >= 0.3 is 6.18 Å². The van der Waals surface area contributed by atoms with Crippen LogP contribution in [-0.2, 0) is 6.18 Å². The standard InChI is InChI=1S/C19H20F3N.ClH/c20-19(21,22)17-11-9-14(10-12-17)13-5-7-16(8-6-13)18(23)15-3-1-2-4-15;/h5-12,15,18H,1-4,23H2;1H/t18-;/m0./s1. The van der Waals surface area contributed by atoms with Gasteiger partial charge in [0.25, 0.3) is 0 Å². The van der Waals surface area contributed by atoms with Gasteiger partial charge in [0, 0.05) is 6.04 Å². The predicted octanol–water partition coefficient (Wildman–Crippen LogP) is 5.98. The van der Waals surface area contributed by atoms with Gasteiger partial charge < -0.3 is 5.73 Å². The molecule has 0 bridgehead atoms.